The van der Waals surface area contributed by atoms with E-state index < -0.39 is 0 Å². The Bertz CT molecular complexity index is 788. The number of furan rings is 1. The number of hydrogen-bond acceptors (Lipinski definition) is 2. The molecule has 1 aromatic heterocycles. The van der Waals surface area contributed by atoms with Gasteiger partial charge >= 0.3 is 0 Å². The molecule has 0 aliphatic rings. The maximum atomic E-state index is 12.2. The van der Waals surface area contributed by atoms with Crippen LogP contribution in [0.3, 0.4) is 0 Å². The Morgan fingerprint density at radius 3 is 2.62 bits per heavy atom. The topological polar surface area (TPSA) is 58.9 Å². The van der Waals surface area contributed by atoms with Crippen molar-refractivity contribution in [2.24, 2.45) is 0 Å². The first kappa shape index (κ1) is 16.3. The molecule has 3 rings (SSSR count). The maximum Gasteiger partial charge on any atom is 0.279 e. The number of hydrogen-bond donors (Lipinski definition) is 2. The number of nitrogens with one attached hydrogen (secondary N) is 1. The number of carbonyl (C=O) groups is 1. The van der Waals surface area contributed by atoms with Gasteiger partial charge in [-0.2, -0.15) is 0 Å². The fourth-order valence-corrected chi connectivity index (χ4v) is 2.74. The monoisotopic (exact) mass is 341 g/mol. The van der Waals surface area contributed by atoms with Crippen LogP contribution in [-0.2, 0) is 4.79 Å². The summed E-state index contributed by atoms with van der Waals surface area (Å²) in [5.41, 5.74) is 1.78. The molecule has 122 valence electrons. The van der Waals surface area contributed by atoms with E-state index in [9.17, 15) is 4.79 Å². The summed E-state index contributed by atoms with van der Waals surface area (Å²) >= 11 is 5.93. The minimum Gasteiger partial charge on any atom is -0.463 e. The van der Waals surface area contributed by atoms with Crippen molar-refractivity contribution in [1.29, 1.82) is 0 Å². The van der Waals surface area contributed by atoms with Gasteiger partial charge in [-0.15, -0.1) is 0 Å². The summed E-state index contributed by atoms with van der Waals surface area (Å²) in [5.74, 6) is 0.724. The van der Waals surface area contributed by atoms with E-state index in [0.29, 0.717) is 10.7 Å². The van der Waals surface area contributed by atoms with E-state index in [1.807, 2.05) is 53.8 Å². The van der Waals surface area contributed by atoms with Gasteiger partial charge in [0, 0.05) is 16.3 Å². The lowest BCUT2D eigenvalue weighted by molar-refractivity contribution is -0.678. The zero-order valence-corrected chi connectivity index (χ0v) is 13.7. The molecule has 3 aromatic rings. The molecule has 24 heavy (non-hydrogen) atoms. The van der Waals surface area contributed by atoms with Gasteiger partial charge < -0.3 is 15.1 Å². The third-order valence-electron chi connectivity index (χ3n) is 3.66. The van der Waals surface area contributed by atoms with Crippen LogP contribution in [-0.4, -0.2) is 12.5 Å². The van der Waals surface area contributed by atoms with Gasteiger partial charge in [0.05, 0.1) is 6.26 Å². The van der Waals surface area contributed by atoms with Gasteiger partial charge in [-0.3, -0.25) is 4.79 Å². The maximum absolute atomic E-state index is 12.2. The van der Waals surface area contributed by atoms with Gasteiger partial charge in [0.15, 0.2) is 18.3 Å². The molecule has 0 saturated carbocycles. The number of amides is 1. The van der Waals surface area contributed by atoms with Crippen LogP contribution in [0.15, 0.2) is 77.4 Å². The van der Waals surface area contributed by atoms with E-state index in [1.165, 1.54) is 0 Å². The van der Waals surface area contributed by atoms with Crippen molar-refractivity contribution in [1.82, 2.24) is 0 Å². The predicted octanol–water partition coefficient (Wildman–Crippen LogP) is 3.22. The Hall–Kier alpha value is -2.56. The first-order chi connectivity index (χ1) is 11.7. The molecule has 5 heteroatoms. The minimum absolute atomic E-state index is 0.0636. The average Bonchev–Trinajstić information content (AvgIpc) is 3.10. The predicted molar refractivity (Wildman–Crippen MR) is 93.9 cm³/mol. The largest absolute Gasteiger partial charge is 0.463 e. The van der Waals surface area contributed by atoms with Gasteiger partial charge in [0.25, 0.3) is 5.91 Å². The highest BCUT2D eigenvalue weighted by Crippen LogP contribution is 2.18. The molecule has 4 nitrogen and oxygen atoms in total. The van der Waals surface area contributed by atoms with Crippen molar-refractivity contribution in [3.63, 3.8) is 0 Å². The van der Waals surface area contributed by atoms with Gasteiger partial charge in [0.2, 0.25) is 0 Å². The third kappa shape index (κ3) is 4.25. The van der Waals surface area contributed by atoms with Gasteiger partial charge in [-0.25, -0.2) is 0 Å². The first-order valence-electron chi connectivity index (χ1n) is 7.69. The number of halogens is 1. The molecule has 0 spiro atoms. The van der Waals surface area contributed by atoms with Crippen LogP contribution in [0.1, 0.15) is 17.4 Å². The van der Waals surface area contributed by atoms with Gasteiger partial charge in [-0.05, 0) is 30.3 Å². The quantitative estimate of drug-likeness (QED) is 0.723. The number of benzene rings is 2. The SMILES string of the molecule is O=C(C[NH2+][C@@H](c1ccccc1)c1ccco1)Nc1cccc(Cl)c1. The second-order valence-electron chi connectivity index (χ2n) is 5.40. The zero-order chi connectivity index (χ0) is 16.8. The molecule has 0 unspecified atom stereocenters. The molecule has 0 aliphatic carbocycles. The van der Waals surface area contributed by atoms with E-state index in [4.69, 9.17) is 16.0 Å². The number of rotatable bonds is 6. The summed E-state index contributed by atoms with van der Waals surface area (Å²) in [6, 6.07) is 20.8. The van der Waals surface area contributed by atoms with Crippen LogP contribution in [0.25, 0.3) is 0 Å². The van der Waals surface area contributed by atoms with E-state index >= 15 is 0 Å². The third-order valence-corrected chi connectivity index (χ3v) is 3.89. The molecular formula is C19H18ClN2O2+. The molecule has 1 atom stereocenters. The number of quaternary nitrogens is 1. The van der Waals surface area contributed by atoms with Crippen molar-refractivity contribution >= 4 is 23.2 Å². The molecular weight excluding hydrogens is 324 g/mol. The number of carbonyl (C=O) groups excluding carboxylic acids is 1. The van der Waals surface area contributed by atoms with Crippen molar-refractivity contribution in [2.75, 3.05) is 11.9 Å². The Morgan fingerprint density at radius 1 is 1.08 bits per heavy atom. The zero-order valence-electron chi connectivity index (χ0n) is 13.0. The Balaban J connectivity index is 1.67. The van der Waals surface area contributed by atoms with E-state index in [0.717, 1.165) is 11.3 Å². The average molecular weight is 342 g/mol. The molecule has 1 heterocycles. The summed E-state index contributed by atoms with van der Waals surface area (Å²) in [5, 5.41) is 5.39. The smallest absolute Gasteiger partial charge is 0.279 e. The molecule has 0 fully saturated rings. The lowest BCUT2D eigenvalue weighted by Crippen LogP contribution is -2.87. The Morgan fingerprint density at radius 2 is 1.92 bits per heavy atom. The fourth-order valence-electron chi connectivity index (χ4n) is 2.55. The van der Waals surface area contributed by atoms with Crippen molar-refractivity contribution < 1.29 is 14.5 Å². The summed E-state index contributed by atoms with van der Waals surface area (Å²) < 4.78 is 5.54. The van der Waals surface area contributed by atoms with Crippen LogP contribution >= 0.6 is 11.6 Å². The summed E-state index contributed by atoms with van der Waals surface area (Å²) in [7, 11) is 0. The highest BCUT2D eigenvalue weighted by atomic mass is 35.5. The lowest BCUT2D eigenvalue weighted by Gasteiger charge is -2.14. The Labute approximate surface area is 145 Å². The van der Waals surface area contributed by atoms with E-state index in [1.54, 1.807) is 24.5 Å². The van der Waals surface area contributed by atoms with Crippen LogP contribution in [0, 0.1) is 0 Å². The highest BCUT2D eigenvalue weighted by Gasteiger charge is 2.21. The molecule has 0 bridgehead atoms. The molecule has 2 aromatic carbocycles. The van der Waals surface area contributed by atoms with Crippen LogP contribution in [0.5, 0.6) is 0 Å². The normalized spacial score (nSPS) is 11.9. The van der Waals surface area contributed by atoms with Crippen LogP contribution < -0.4 is 10.6 Å². The number of nitrogens with two attached hydrogens (primary N) is 1. The summed E-state index contributed by atoms with van der Waals surface area (Å²) in [6.07, 6.45) is 1.64. The fraction of sp³-hybridized carbons (Fsp3) is 0.105. The van der Waals surface area contributed by atoms with Crippen molar-refractivity contribution in [2.45, 2.75) is 6.04 Å². The van der Waals surface area contributed by atoms with Crippen molar-refractivity contribution in [3.05, 3.63) is 89.3 Å². The second-order valence-corrected chi connectivity index (χ2v) is 5.84. The molecule has 0 saturated heterocycles. The molecule has 0 aliphatic heterocycles. The van der Waals surface area contributed by atoms with Crippen molar-refractivity contribution in [3.8, 4) is 0 Å². The van der Waals surface area contributed by atoms with Crippen LogP contribution in [0.2, 0.25) is 5.02 Å². The number of anilines is 1. The second kappa shape index (κ2) is 7.81. The minimum atomic E-state index is -0.0928. The molecule has 1 amide bonds. The lowest BCUT2D eigenvalue weighted by atomic mass is 10.0. The van der Waals surface area contributed by atoms with Gasteiger partial charge in [-0.1, -0.05) is 48.0 Å². The highest BCUT2D eigenvalue weighted by molar-refractivity contribution is 6.30. The summed E-state index contributed by atoms with van der Waals surface area (Å²) in [4.78, 5) is 12.2. The van der Waals surface area contributed by atoms with Crippen LogP contribution in [0.4, 0.5) is 5.69 Å². The molecule has 0 radical (unpaired) electrons. The molecule has 3 N–H and O–H groups in total. The van der Waals surface area contributed by atoms with E-state index in [2.05, 4.69) is 5.32 Å². The van der Waals surface area contributed by atoms with E-state index in [-0.39, 0.29) is 18.5 Å². The standard InChI is InChI=1S/C19H17ClN2O2/c20-15-8-4-9-16(12-15)22-18(23)13-21-19(17-10-5-11-24-17)14-6-2-1-3-7-14/h1-12,19,21H,13H2,(H,22,23)/p+1/t19-/m0/s1. The van der Waals surface area contributed by atoms with Gasteiger partial charge in [0.1, 0.15) is 0 Å². The Kier molecular flexibility index (Phi) is 5.31. The first-order valence-corrected chi connectivity index (χ1v) is 8.07. The summed E-state index contributed by atoms with van der Waals surface area (Å²) in [6.45, 7) is 0.271.